The summed E-state index contributed by atoms with van der Waals surface area (Å²) >= 11 is 0. The fourth-order valence-corrected chi connectivity index (χ4v) is 2.50. The molecule has 1 aromatic carbocycles. The Kier molecular flexibility index (Phi) is 5.08. The van der Waals surface area contributed by atoms with E-state index in [9.17, 15) is 0 Å². The topological polar surface area (TPSA) is 70.1 Å². The normalized spacial score (nSPS) is 13.8. The molecule has 1 heterocycles. The molecule has 122 valence electrons. The van der Waals surface area contributed by atoms with Gasteiger partial charge in [-0.1, -0.05) is 24.3 Å². The zero-order chi connectivity index (χ0) is 16.1. The third-order valence-corrected chi connectivity index (χ3v) is 4.08. The molecule has 5 heteroatoms. The molecule has 0 unspecified atom stereocenters. The van der Waals surface area contributed by atoms with E-state index in [1.54, 1.807) is 0 Å². The van der Waals surface area contributed by atoms with Crippen molar-refractivity contribution in [3.63, 3.8) is 0 Å². The molecule has 1 saturated carbocycles. The summed E-state index contributed by atoms with van der Waals surface area (Å²) in [4.78, 5) is 9.14. The van der Waals surface area contributed by atoms with E-state index in [4.69, 9.17) is 5.11 Å². The molecule has 0 aliphatic heterocycles. The molecule has 0 saturated heterocycles. The quantitative estimate of drug-likeness (QED) is 0.654. The van der Waals surface area contributed by atoms with Crippen molar-refractivity contribution in [1.29, 1.82) is 0 Å². The van der Waals surface area contributed by atoms with Gasteiger partial charge in [-0.25, -0.2) is 4.98 Å². The summed E-state index contributed by atoms with van der Waals surface area (Å²) in [6.45, 7) is 3.73. The lowest BCUT2D eigenvalue weighted by atomic mass is 10.1. The average Bonchev–Trinajstić information content (AvgIpc) is 3.39. The van der Waals surface area contributed by atoms with Gasteiger partial charge in [0.1, 0.15) is 5.82 Å². The molecule has 23 heavy (non-hydrogen) atoms. The molecular weight excluding hydrogens is 288 g/mol. The number of aromatic nitrogens is 2. The molecule has 0 amide bonds. The van der Waals surface area contributed by atoms with Gasteiger partial charge in [0.2, 0.25) is 5.95 Å². The minimum Gasteiger partial charge on any atom is -0.396 e. The van der Waals surface area contributed by atoms with Gasteiger partial charge in [-0.05, 0) is 37.3 Å². The van der Waals surface area contributed by atoms with Crippen LogP contribution in [0.2, 0.25) is 0 Å². The first-order valence-electron chi connectivity index (χ1n) is 8.28. The summed E-state index contributed by atoms with van der Waals surface area (Å²) in [7, 11) is 0. The Balaban J connectivity index is 1.71. The Morgan fingerprint density at radius 1 is 1.17 bits per heavy atom. The summed E-state index contributed by atoms with van der Waals surface area (Å²) in [6, 6.07) is 10.4. The molecule has 0 radical (unpaired) electrons. The van der Waals surface area contributed by atoms with Crippen molar-refractivity contribution in [3.05, 3.63) is 47.2 Å². The number of aliphatic hydroxyl groups excluding tert-OH is 1. The molecular formula is C18H24N4O. The van der Waals surface area contributed by atoms with Crippen molar-refractivity contribution in [2.75, 3.05) is 23.8 Å². The minimum absolute atomic E-state index is 0.174. The maximum atomic E-state index is 8.89. The van der Waals surface area contributed by atoms with Crippen LogP contribution < -0.4 is 10.6 Å². The van der Waals surface area contributed by atoms with Crippen molar-refractivity contribution in [2.24, 2.45) is 0 Å². The second-order valence-corrected chi connectivity index (χ2v) is 6.06. The highest BCUT2D eigenvalue weighted by molar-refractivity contribution is 5.45. The molecule has 0 bridgehead atoms. The third kappa shape index (κ3) is 4.42. The molecule has 2 aromatic rings. The van der Waals surface area contributed by atoms with Crippen LogP contribution in [0.25, 0.3) is 0 Å². The Bertz CT molecular complexity index is 655. The monoisotopic (exact) mass is 312 g/mol. The molecule has 1 fully saturated rings. The second kappa shape index (κ2) is 7.42. The van der Waals surface area contributed by atoms with E-state index in [-0.39, 0.29) is 6.61 Å². The zero-order valence-electron chi connectivity index (χ0n) is 13.5. The van der Waals surface area contributed by atoms with E-state index in [1.807, 2.05) is 0 Å². The van der Waals surface area contributed by atoms with Crippen LogP contribution >= 0.6 is 0 Å². The summed E-state index contributed by atoms with van der Waals surface area (Å²) in [6.07, 6.45) is 3.12. The van der Waals surface area contributed by atoms with Crippen molar-refractivity contribution in [3.8, 4) is 0 Å². The van der Waals surface area contributed by atoms with Crippen molar-refractivity contribution >= 4 is 11.8 Å². The lowest BCUT2D eigenvalue weighted by Crippen LogP contribution is -2.10. The van der Waals surface area contributed by atoms with Crippen LogP contribution in [0.5, 0.6) is 0 Å². The van der Waals surface area contributed by atoms with E-state index in [1.165, 1.54) is 24.0 Å². The number of benzene rings is 1. The third-order valence-electron chi connectivity index (χ3n) is 4.08. The molecule has 3 N–H and O–H groups in total. The van der Waals surface area contributed by atoms with E-state index in [0.29, 0.717) is 24.8 Å². The highest BCUT2D eigenvalue weighted by atomic mass is 16.3. The number of hydrogen-bond donors (Lipinski definition) is 3. The average molecular weight is 312 g/mol. The highest BCUT2D eigenvalue weighted by Crippen LogP contribution is 2.39. The van der Waals surface area contributed by atoms with Gasteiger partial charge in [0.05, 0.1) is 5.69 Å². The van der Waals surface area contributed by atoms with Crippen molar-refractivity contribution in [2.45, 2.75) is 38.6 Å². The molecule has 1 aliphatic carbocycles. The Hall–Kier alpha value is -2.14. The first-order valence-corrected chi connectivity index (χ1v) is 8.28. The number of rotatable bonds is 8. The van der Waals surface area contributed by atoms with Gasteiger partial charge < -0.3 is 15.7 Å². The van der Waals surface area contributed by atoms with E-state index < -0.39 is 0 Å². The minimum atomic E-state index is 0.174. The van der Waals surface area contributed by atoms with Crippen LogP contribution in [0.15, 0.2) is 30.3 Å². The second-order valence-electron chi connectivity index (χ2n) is 6.06. The van der Waals surface area contributed by atoms with Gasteiger partial charge >= 0.3 is 0 Å². The fourth-order valence-electron chi connectivity index (χ4n) is 2.50. The van der Waals surface area contributed by atoms with Gasteiger partial charge in [0.15, 0.2) is 0 Å². The highest BCUT2D eigenvalue weighted by Gasteiger charge is 2.26. The Labute approximate surface area is 137 Å². The Morgan fingerprint density at radius 2 is 2.00 bits per heavy atom. The maximum absolute atomic E-state index is 8.89. The molecule has 0 spiro atoms. The largest absolute Gasteiger partial charge is 0.396 e. The van der Waals surface area contributed by atoms with Gasteiger partial charge in [0.25, 0.3) is 0 Å². The molecule has 3 rings (SSSR count). The van der Waals surface area contributed by atoms with Gasteiger partial charge in [-0.15, -0.1) is 0 Å². The maximum Gasteiger partial charge on any atom is 0.224 e. The first kappa shape index (κ1) is 15.7. The van der Waals surface area contributed by atoms with Crippen LogP contribution in [0.1, 0.15) is 42.0 Å². The lowest BCUT2D eigenvalue weighted by Gasteiger charge is -2.12. The van der Waals surface area contributed by atoms with Crippen molar-refractivity contribution in [1.82, 2.24) is 9.97 Å². The predicted octanol–water partition coefficient (Wildman–Crippen LogP) is 3.07. The van der Waals surface area contributed by atoms with Crippen LogP contribution in [0, 0.1) is 6.92 Å². The number of aryl methyl sites for hydroxylation is 1. The Morgan fingerprint density at radius 3 is 2.74 bits per heavy atom. The molecule has 1 aliphatic rings. The summed E-state index contributed by atoms with van der Waals surface area (Å²) in [5, 5.41) is 15.5. The smallest absolute Gasteiger partial charge is 0.224 e. The standard InChI is InChI=1S/C18H24N4O/c1-13-5-2-3-6-15(13)12-20-17-11-16(14-7-8-14)21-18(22-17)19-9-4-10-23/h2-3,5-6,11,14,23H,4,7-10,12H2,1H3,(H2,19,20,21,22). The summed E-state index contributed by atoms with van der Waals surface area (Å²) < 4.78 is 0. The molecule has 5 nitrogen and oxygen atoms in total. The lowest BCUT2D eigenvalue weighted by molar-refractivity contribution is 0.292. The molecule has 0 atom stereocenters. The summed E-state index contributed by atoms with van der Waals surface area (Å²) in [5.41, 5.74) is 3.66. The number of hydrogen-bond acceptors (Lipinski definition) is 5. The van der Waals surface area contributed by atoms with Crippen LogP contribution in [-0.2, 0) is 6.54 Å². The van der Waals surface area contributed by atoms with E-state index >= 15 is 0 Å². The SMILES string of the molecule is Cc1ccccc1CNc1cc(C2CC2)nc(NCCCO)n1. The van der Waals surface area contributed by atoms with Gasteiger partial charge in [-0.3, -0.25) is 0 Å². The predicted molar refractivity (Wildman–Crippen MR) is 92.7 cm³/mol. The van der Waals surface area contributed by atoms with Crippen molar-refractivity contribution < 1.29 is 5.11 Å². The van der Waals surface area contributed by atoms with Gasteiger partial charge in [0, 0.05) is 31.7 Å². The van der Waals surface area contributed by atoms with Crippen LogP contribution in [0.3, 0.4) is 0 Å². The molecule has 1 aromatic heterocycles. The zero-order valence-corrected chi connectivity index (χ0v) is 13.5. The van der Waals surface area contributed by atoms with E-state index in [0.717, 1.165) is 18.1 Å². The number of anilines is 2. The first-order chi connectivity index (χ1) is 11.3. The number of nitrogens with one attached hydrogen (secondary N) is 2. The number of nitrogens with zero attached hydrogens (tertiary/aromatic N) is 2. The number of aliphatic hydroxyl groups is 1. The van der Waals surface area contributed by atoms with Crippen LogP contribution in [-0.4, -0.2) is 28.2 Å². The summed E-state index contributed by atoms with van der Waals surface area (Å²) in [5.74, 6) is 2.09. The van der Waals surface area contributed by atoms with Gasteiger partial charge in [-0.2, -0.15) is 4.98 Å². The van der Waals surface area contributed by atoms with Crippen LogP contribution in [0.4, 0.5) is 11.8 Å². The fraction of sp³-hybridized carbons (Fsp3) is 0.444. The van der Waals surface area contributed by atoms with E-state index in [2.05, 4.69) is 57.9 Å².